The van der Waals surface area contributed by atoms with Gasteiger partial charge < -0.3 is 19.8 Å². The fourth-order valence-electron chi connectivity index (χ4n) is 3.21. The van der Waals surface area contributed by atoms with E-state index in [0.29, 0.717) is 29.5 Å². The van der Waals surface area contributed by atoms with E-state index in [0.717, 1.165) is 11.1 Å². The van der Waals surface area contributed by atoms with Crippen molar-refractivity contribution in [2.75, 3.05) is 5.32 Å². The molecule has 0 spiro atoms. The molecule has 0 aliphatic rings. The second-order valence-corrected chi connectivity index (χ2v) is 7.73. The van der Waals surface area contributed by atoms with Crippen LogP contribution in [0, 0.1) is 10.1 Å². The zero-order chi connectivity index (χ0) is 23.9. The third-order valence-electron chi connectivity index (χ3n) is 4.89. The highest BCUT2D eigenvalue weighted by Crippen LogP contribution is 2.35. The molecule has 4 aromatic rings. The van der Waals surface area contributed by atoms with Gasteiger partial charge in [0.2, 0.25) is 5.75 Å². The lowest BCUT2D eigenvalue weighted by Gasteiger charge is -2.10. The zero-order valence-corrected chi connectivity index (χ0v) is 18.6. The Balaban J connectivity index is 1.34. The van der Waals surface area contributed by atoms with Crippen LogP contribution in [0.25, 0.3) is 0 Å². The highest BCUT2D eigenvalue weighted by molar-refractivity contribution is 6.32. The number of para-hydroxylation sites is 1. The molecule has 2 N–H and O–H groups in total. The molecule has 0 fully saturated rings. The van der Waals surface area contributed by atoms with Crippen molar-refractivity contribution in [3.8, 4) is 11.5 Å². The monoisotopic (exact) mass is 477 g/mol. The molecule has 9 heteroatoms. The predicted molar refractivity (Wildman–Crippen MR) is 128 cm³/mol. The van der Waals surface area contributed by atoms with Gasteiger partial charge in [0.1, 0.15) is 5.75 Å². The minimum atomic E-state index is -0.481. The molecule has 3 aromatic carbocycles. The lowest BCUT2D eigenvalue weighted by Crippen LogP contribution is -2.13. The van der Waals surface area contributed by atoms with Crippen molar-refractivity contribution in [2.45, 2.75) is 13.1 Å². The first-order valence-corrected chi connectivity index (χ1v) is 10.7. The Bertz CT molecular complexity index is 1290. The van der Waals surface area contributed by atoms with Crippen LogP contribution in [-0.4, -0.2) is 10.8 Å². The molecule has 1 amide bonds. The fraction of sp³-hybridized carbons (Fsp3) is 0.0800. The quantitative estimate of drug-likeness (QED) is 0.220. The fourth-order valence-corrected chi connectivity index (χ4v) is 3.38. The number of furan rings is 1. The van der Waals surface area contributed by atoms with Gasteiger partial charge in [0, 0.05) is 24.8 Å². The molecule has 4 rings (SSSR count). The van der Waals surface area contributed by atoms with E-state index >= 15 is 0 Å². The maximum absolute atomic E-state index is 12.0. The van der Waals surface area contributed by atoms with Gasteiger partial charge in [-0.05, 0) is 53.6 Å². The van der Waals surface area contributed by atoms with Crippen LogP contribution in [0.2, 0.25) is 5.02 Å². The number of halogens is 1. The average Bonchev–Trinajstić information content (AvgIpc) is 3.38. The maximum atomic E-state index is 12.0. The predicted octanol–water partition coefficient (Wildman–Crippen LogP) is 6.18. The molecule has 0 saturated carbocycles. The summed E-state index contributed by atoms with van der Waals surface area (Å²) in [6, 6.07) is 22.2. The molecule has 0 aliphatic carbocycles. The van der Waals surface area contributed by atoms with Gasteiger partial charge >= 0.3 is 5.69 Å². The highest BCUT2D eigenvalue weighted by Gasteiger charge is 2.17. The van der Waals surface area contributed by atoms with E-state index in [1.165, 1.54) is 12.3 Å². The van der Waals surface area contributed by atoms with Crippen molar-refractivity contribution in [1.82, 2.24) is 5.32 Å². The third-order valence-corrected chi connectivity index (χ3v) is 5.20. The molecule has 0 bridgehead atoms. The molecule has 0 atom stereocenters. The second-order valence-electron chi connectivity index (χ2n) is 7.32. The number of nitro benzene ring substituents is 1. The van der Waals surface area contributed by atoms with Gasteiger partial charge in [0.25, 0.3) is 5.91 Å². The molecule has 0 aliphatic heterocycles. The summed E-state index contributed by atoms with van der Waals surface area (Å²) < 4.78 is 10.7. The lowest BCUT2D eigenvalue weighted by molar-refractivity contribution is -0.385. The van der Waals surface area contributed by atoms with E-state index in [1.54, 1.807) is 60.7 Å². The molecular formula is C25H20ClN3O5. The molecule has 0 unspecified atom stereocenters. The number of rotatable bonds is 9. The summed E-state index contributed by atoms with van der Waals surface area (Å²) in [6.07, 6.45) is 1.44. The number of anilines is 1. The van der Waals surface area contributed by atoms with Gasteiger partial charge in [0.05, 0.1) is 16.2 Å². The molecule has 0 saturated heterocycles. The topological polar surface area (TPSA) is 107 Å². The maximum Gasteiger partial charge on any atom is 0.311 e. The van der Waals surface area contributed by atoms with Crippen molar-refractivity contribution >= 4 is 28.9 Å². The number of nitrogens with zero attached hydrogens (tertiary/aromatic N) is 1. The first kappa shape index (κ1) is 23.0. The SMILES string of the molecule is O=C(Nc1ccc(CNCc2ccc(Oc3ccccc3Cl)c([N+](=O)[O-])c2)cc1)c1ccco1. The minimum Gasteiger partial charge on any atom is -0.459 e. The number of carbonyl (C=O) groups excluding carboxylic acids is 1. The summed E-state index contributed by atoms with van der Waals surface area (Å²) >= 11 is 6.09. The molecule has 0 radical (unpaired) electrons. The summed E-state index contributed by atoms with van der Waals surface area (Å²) in [5, 5.41) is 18.0. The van der Waals surface area contributed by atoms with Crippen LogP contribution in [0.1, 0.15) is 21.7 Å². The first-order valence-electron chi connectivity index (χ1n) is 10.3. The van der Waals surface area contributed by atoms with E-state index in [9.17, 15) is 14.9 Å². The van der Waals surface area contributed by atoms with Gasteiger partial charge in [-0.25, -0.2) is 0 Å². The number of nitro groups is 1. The summed E-state index contributed by atoms with van der Waals surface area (Å²) in [5.74, 6) is 0.388. The van der Waals surface area contributed by atoms with Crippen LogP contribution in [0.5, 0.6) is 11.5 Å². The molecule has 1 heterocycles. The van der Waals surface area contributed by atoms with E-state index in [1.807, 2.05) is 12.1 Å². The van der Waals surface area contributed by atoms with E-state index in [2.05, 4.69) is 10.6 Å². The number of carbonyl (C=O) groups is 1. The highest BCUT2D eigenvalue weighted by atomic mass is 35.5. The van der Waals surface area contributed by atoms with Crippen molar-refractivity contribution in [2.24, 2.45) is 0 Å². The number of ether oxygens (including phenoxy) is 1. The van der Waals surface area contributed by atoms with Crippen molar-refractivity contribution < 1.29 is 18.9 Å². The Morgan fingerprint density at radius 2 is 1.68 bits per heavy atom. The summed E-state index contributed by atoms with van der Waals surface area (Å²) in [6.45, 7) is 0.961. The third kappa shape index (κ3) is 5.80. The van der Waals surface area contributed by atoms with Crippen molar-refractivity contribution in [3.05, 3.63) is 117 Å². The summed E-state index contributed by atoms with van der Waals surface area (Å²) in [7, 11) is 0. The van der Waals surface area contributed by atoms with Crippen LogP contribution in [0.3, 0.4) is 0 Å². The van der Waals surface area contributed by atoms with Crippen LogP contribution >= 0.6 is 11.6 Å². The van der Waals surface area contributed by atoms with Crippen molar-refractivity contribution in [1.29, 1.82) is 0 Å². The summed E-state index contributed by atoms with van der Waals surface area (Å²) in [4.78, 5) is 23.1. The Morgan fingerprint density at radius 1 is 0.941 bits per heavy atom. The number of nitrogens with one attached hydrogen (secondary N) is 2. The molecule has 1 aromatic heterocycles. The van der Waals surface area contributed by atoms with Gasteiger partial charge in [0.15, 0.2) is 5.76 Å². The van der Waals surface area contributed by atoms with Gasteiger partial charge in [-0.1, -0.05) is 41.9 Å². The Morgan fingerprint density at radius 3 is 2.38 bits per heavy atom. The smallest absolute Gasteiger partial charge is 0.311 e. The normalized spacial score (nSPS) is 10.6. The van der Waals surface area contributed by atoms with Gasteiger partial charge in [-0.3, -0.25) is 14.9 Å². The Labute approximate surface area is 200 Å². The van der Waals surface area contributed by atoms with Crippen LogP contribution in [0.4, 0.5) is 11.4 Å². The number of amides is 1. The Hall–Kier alpha value is -4.14. The average molecular weight is 478 g/mol. The van der Waals surface area contributed by atoms with Crippen molar-refractivity contribution in [3.63, 3.8) is 0 Å². The van der Waals surface area contributed by atoms with Gasteiger partial charge in [-0.2, -0.15) is 0 Å². The van der Waals surface area contributed by atoms with E-state index in [-0.39, 0.29) is 23.1 Å². The minimum absolute atomic E-state index is 0.119. The molecular weight excluding hydrogens is 458 g/mol. The molecule has 172 valence electrons. The Kier molecular flexibility index (Phi) is 7.22. The zero-order valence-electron chi connectivity index (χ0n) is 17.9. The summed E-state index contributed by atoms with van der Waals surface area (Å²) in [5.41, 5.74) is 2.23. The van der Waals surface area contributed by atoms with Crippen LogP contribution in [0.15, 0.2) is 89.5 Å². The number of hydrogen-bond donors (Lipinski definition) is 2. The van der Waals surface area contributed by atoms with Crippen LogP contribution < -0.4 is 15.4 Å². The first-order chi connectivity index (χ1) is 16.5. The second kappa shape index (κ2) is 10.7. The van der Waals surface area contributed by atoms with Crippen LogP contribution in [-0.2, 0) is 13.1 Å². The van der Waals surface area contributed by atoms with E-state index < -0.39 is 4.92 Å². The standard InChI is InChI=1S/C25H20ClN3O5/c26-20-4-1-2-5-22(20)34-23-12-9-18(14-21(23)29(31)32)16-27-15-17-7-10-19(11-8-17)28-25(30)24-6-3-13-33-24/h1-14,27H,15-16H2,(H,28,30). The number of hydrogen-bond acceptors (Lipinski definition) is 6. The van der Waals surface area contributed by atoms with E-state index in [4.69, 9.17) is 20.8 Å². The largest absolute Gasteiger partial charge is 0.459 e. The molecule has 8 nitrogen and oxygen atoms in total. The van der Waals surface area contributed by atoms with Gasteiger partial charge in [-0.15, -0.1) is 0 Å². The number of benzene rings is 3. The lowest BCUT2D eigenvalue weighted by atomic mass is 10.1. The molecule has 34 heavy (non-hydrogen) atoms.